The van der Waals surface area contributed by atoms with Crippen LogP contribution in [0.2, 0.25) is 0 Å². The van der Waals surface area contributed by atoms with Gasteiger partial charge in [0.1, 0.15) is 0 Å². The van der Waals surface area contributed by atoms with Gasteiger partial charge in [-0.1, -0.05) is 78.2 Å². The molecule has 4 heteroatoms. The van der Waals surface area contributed by atoms with E-state index >= 15 is 0 Å². The van der Waals surface area contributed by atoms with Crippen molar-refractivity contribution in [3.05, 3.63) is 49.6 Å². The van der Waals surface area contributed by atoms with Crippen LogP contribution in [0.4, 0.5) is 0 Å². The van der Waals surface area contributed by atoms with E-state index < -0.39 is 0 Å². The van der Waals surface area contributed by atoms with Crippen molar-refractivity contribution in [2.24, 2.45) is 17.6 Å². The molecule has 0 spiro atoms. The second-order valence-electron chi connectivity index (χ2n) is 7.83. The van der Waals surface area contributed by atoms with Gasteiger partial charge in [0.15, 0.2) is 0 Å². The Bertz CT molecular complexity index is 478. The molecule has 0 aliphatic heterocycles. The first kappa shape index (κ1) is 23.7. The normalized spacial score (nSPS) is 21.1. The Morgan fingerprint density at radius 1 is 1.07 bits per heavy atom. The average molecular weight is 392 g/mol. The molecule has 2 fully saturated rings. The van der Waals surface area contributed by atoms with E-state index in [9.17, 15) is 0 Å². The van der Waals surface area contributed by atoms with Crippen LogP contribution in [-0.2, 0) is 0 Å². The summed E-state index contributed by atoms with van der Waals surface area (Å²) in [5.74, 6) is 2.94. The van der Waals surface area contributed by atoms with Crippen molar-refractivity contribution in [3.8, 4) is 0 Å². The van der Waals surface area contributed by atoms with E-state index in [2.05, 4.69) is 43.5 Å². The molecule has 0 heterocycles. The fourth-order valence-corrected chi connectivity index (χ4v) is 4.05. The highest BCUT2D eigenvalue weighted by atomic mass is 32.2. The molecule has 2 aliphatic carbocycles. The van der Waals surface area contributed by atoms with E-state index in [-0.39, 0.29) is 0 Å². The number of hydrogen-bond acceptors (Lipinski definition) is 4. The van der Waals surface area contributed by atoms with Crippen molar-refractivity contribution in [2.45, 2.75) is 58.3 Å². The summed E-state index contributed by atoms with van der Waals surface area (Å²) in [5.41, 5.74) is 8.51. The zero-order chi connectivity index (χ0) is 20.1. The summed E-state index contributed by atoms with van der Waals surface area (Å²) in [6, 6.07) is 0. The van der Waals surface area contributed by atoms with Crippen LogP contribution in [0.3, 0.4) is 0 Å². The number of hydrogen-bond donors (Lipinski definition) is 2. The molecule has 0 amide bonds. The Balaban J connectivity index is 0.000000800. The minimum Gasteiger partial charge on any atom is -0.402 e. The van der Waals surface area contributed by atoms with Crippen molar-refractivity contribution < 1.29 is 0 Å². The molecule has 0 aromatic heterocycles. The maximum Gasteiger partial charge on any atom is 0.0395 e. The fraction of sp³-hybridized carbons (Fsp3) is 0.652. The van der Waals surface area contributed by atoms with Gasteiger partial charge in [0, 0.05) is 47.6 Å². The first-order valence-corrected chi connectivity index (χ1v) is 11.6. The lowest BCUT2D eigenvalue weighted by Crippen LogP contribution is -2.32. The molecule has 2 aliphatic rings. The fourth-order valence-electron chi connectivity index (χ4n) is 3.34. The van der Waals surface area contributed by atoms with Gasteiger partial charge in [-0.15, -0.1) is 11.8 Å². The predicted octanol–water partition coefficient (Wildman–Crippen LogP) is 5.64. The smallest absolute Gasteiger partial charge is 0.0395 e. The quantitative estimate of drug-likeness (QED) is 0.478. The minimum absolute atomic E-state index is 0.594. The Kier molecular flexibility index (Phi) is 12.2. The first-order chi connectivity index (χ1) is 13.0. The third-order valence-electron chi connectivity index (χ3n) is 5.42. The molecule has 2 atom stereocenters. The summed E-state index contributed by atoms with van der Waals surface area (Å²) in [4.78, 5) is 2.20. The Hall–Kier alpha value is -1.29. The zero-order valence-corrected chi connectivity index (χ0v) is 18.3. The monoisotopic (exact) mass is 391 g/mol. The SMILES string of the molecule is C1CCC1.C=CN(CCNC(=C)CSCC(=C)N)C(=C)C1CCCCC1C. The van der Waals surface area contributed by atoms with Crippen molar-refractivity contribution in [1.82, 2.24) is 10.2 Å². The predicted molar refractivity (Wildman–Crippen MR) is 123 cm³/mol. The van der Waals surface area contributed by atoms with Crippen LogP contribution in [0, 0.1) is 11.8 Å². The third kappa shape index (κ3) is 9.99. The van der Waals surface area contributed by atoms with Crippen LogP contribution in [0.1, 0.15) is 58.3 Å². The first-order valence-electron chi connectivity index (χ1n) is 10.5. The molecule has 27 heavy (non-hydrogen) atoms. The molecule has 0 bridgehead atoms. The maximum atomic E-state index is 5.56. The van der Waals surface area contributed by atoms with E-state index in [1.165, 1.54) is 57.1 Å². The van der Waals surface area contributed by atoms with Gasteiger partial charge in [0.2, 0.25) is 0 Å². The molecule has 3 nitrogen and oxygen atoms in total. The maximum absolute atomic E-state index is 5.56. The van der Waals surface area contributed by atoms with Gasteiger partial charge in [-0.3, -0.25) is 0 Å². The Morgan fingerprint density at radius 3 is 2.22 bits per heavy atom. The third-order valence-corrected chi connectivity index (χ3v) is 6.55. The minimum atomic E-state index is 0.594. The molecular formula is C23H41N3S. The lowest BCUT2D eigenvalue weighted by atomic mass is 9.78. The summed E-state index contributed by atoms with van der Waals surface area (Å²) in [6.07, 6.45) is 13.1. The van der Waals surface area contributed by atoms with Crippen LogP contribution >= 0.6 is 11.8 Å². The molecule has 2 unspecified atom stereocenters. The standard InChI is InChI=1S/C19H33N3S.C4H8/c1-6-22(18(5)19-10-8-7-9-15(19)2)12-11-21-17(4)14-23-13-16(3)20;1-2-4-3-1/h6,15,19,21H,1,3-5,7-14,20H2,2H3;1-4H2. The van der Waals surface area contributed by atoms with E-state index in [4.69, 9.17) is 5.73 Å². The van der Waals surface area contributed by atoms with Gasteiger partial charge in [-0.2, -0.15) is 0 Å². The van der Waals surface area contributed by atoms with Gasteiger partial charge in [0.25, 0.3) is 0 Å². The van der Waals surface area contributed by atoms with Crippen LogP contribution in [0.15, 0.2) is 49.6 Å². The number of thioether (sulfide) groups is 1. The summed E-state index contributed by atoms with van der Waals surface area (Å²) in [6.45, 7) is 20.1. The molecule has 0 radical (unpaired) electrons. The molecule has 3 N–H and O–H groups in total. The molecular weight excluding hydrogens is 350 g/mol. The van der Waals surface area contributed by atoms with Gasteiger partial charge in [-0.25, -0.2) is 0 Å². The van der Waals surface area contributed by atoms with Crippen molar-refractivity contribution in [1.29, 1.82) is 0 Å². The van der Waals surface area contributed by atoms with Gasteiger partial charge >= 0.3 is 0 Å². The molecule has 2 rings (SSSR count). The average Bonchev–Trinajstić information content (AvgIpc) is 2.57. The number of nitrogens with one attached hydrogen (secondary N) is 1. The van der Waals surface area contributed by atoms with Crippen LogP contribution < -0.4 is 11.1 Å². The molecule has 0 aromatic carbocycles. The van der Waals surface area contributed by atoms with E-state index in [0.717, 1.165) is 36.2 Å². The summed E-state index contributed by atoms with van der Waals surface area (Å²) in [7, 11) is 0. The van der Waals surface area contributed by atoms with Crippen molar-refractivity contribution >= 4 is 11.8 Å². The molecule has 0 saturated heterocycles. The van der Waals surface area contributed by atoms with Gasteiger partial charge in [0.05, 0.1) is 0 Å². The van der Waals surface area contributed by atoms with Crippen LogP contribution in [-0.4, -0.2) is 29.5 Å². The molecule has 154 valence electrons. The second-order valence-corrected chi connectivity index (χ2v) is 8.82. The topological polar surface area (TPSA) is 41.3 Å². The highest BCUT2D eigenvalue weighted by Crippen LogP contribution is 2.35. The van der Waals surface area contributed by atoms with Crippen LogP contribution in [0.25, 0.3) is 0 Å². The van der Waals surface area contributed by atoms with E-state index in [0.29, 0.717) is 11.6 Å². The lowest BCUT2D eigenvalue weighted by Gasteiger charge is -2.35. The van der Waals surface area contributed by atoms with Crippen LogP contribution in [0.5, 0.6) is 0 Å². The molecule has 0 aromatic rings. The zero-order valence-electron chi connectivity index (χ0n) is 17.5. The van der Waals surface area contributed by atoms with E-state index in [1.807, 2.05) is 6.20 Å². The number of rotatable bonds is 11. The Labute approximate surface area is 172 Å². The van der Waals surface area contributed by atoms with Gasteiger partial charge in [-0.05, 0) is 18.5 Å². The van der Waals surface area contributed by atoms with E-state index in [1.54, 1.807) is 11.8 Å². The van der Waals surface area contributed by atoms with Crippen molar-refractivity contribution in [2.75, 3.05) is 24.6 Å². The largest absolute Gasteiger partial charge is 0.402 e. The van der Waals surface area contributed by atoms with Crippen molar-refractivity contribution in [3.63, 3.8) is 0 Å². The second kappa shape index (κ2) is 13.8. The summed E-state index contributed by atoms with van der Waals surface area (Å²) >= 11 is 1.73. The Morgan fingerprint density at radius 2 is 1.70 bits per heavy atom. The number of nitrogens with two attached hydrogens (primary N) is 1. The highest BCUT2D eigenvalue weighted by Gasteiger charge is 2.25. The number of allylic oxidation sites excluding steroid dienone is 1. The highest BCUT2D eigenvalue weighted by molar-refractivity contribution is 7.99. The van der Waals surface area contributed by atoms with Gasteiger partial charge < -0.3 is 16.0 Å². The number of nitrogens with zero attached hydrogens (tertiary/aromatic N) is 1. The summed E-state index contributed by atoms with van der Waals surface area (Å²) in [5, 5.41) is 3.37. The lowest BCUT2D eigenvalue weighted by molar-refractivity contribution is 0.248. The summed E-state index contributed by atoms with van der Waals surface area (Å²) < 4.78 is 0. The molecule has 2 saturated carbocycles.